The number of hydrogen-bond donors (Lipinski definition) is 1. The summed E-state index contributed by atoms with van der Waals surface area (Å²) in [5, 5.41) is 3.28. The number of amides is 1. The molecule has 4 rings (SSSR count). The maximum absolute atomic E-state index is 12.6. The first-order chi connectivity index (χ1) is 13.6. The minimum absolute atomic E-state index is 0.155. The number of anilines is 1. The summed E-state index contributed by atoms with van der Waals surface area (Å²) in [7, 11) is 0. The molecular weight excluding hydrogens is 354 g/mol. The lowest BCUT2D eigenvalue weighted by Gasteiger charge is -2.35. The van der Waals surface area contributed by atoms with E-state index in [1.54, 1.807) is 0 Å². The number of hydrogen-bond acceptors (Lipinski definition) is 5. The third-order valence-electron chi connectivity index (χ3n) is 5.38. The summed E-state index contributed by atoms with van der Waals surface area (Å²) >= 11 is 0. The Morgan fingerprint density at radius 1 is 1.00 bits per heavy atom. The summed E-state index contributed by atoms with van der Waals surface area (Å²) in [6, 6.07) is 12.3. The van der Waals surface area contributed by atoms with Crippen LogP contribution in [0.3, 0.4) is 0 Å². The van der Waals surface area contributed by atoms with Crippen molar-refractivity contribution in [1.29, 1.82) is 0 Å². The van der Waals surface area contributed by atoms with Crippen LogP contribution in [0.4, 0.5) is 5.69 Å². The number of aryl methyl sites for hydroxylation is 2. The summed E-state index contributed by atoms with van der Waals surface area (Å²) < 4.78 is 10.8. The highest BCUT2D eigenvalue weighted by Crippen LogP contribution is 2.32. The lowest BCUT2D eigenvalue weighted by molar-refractivity contribution is -0.131. The number of nitrogens with zero attached hydrogens (tertiary/aromatic N) is 2. The number of carbonyl (C=O) groups excluding carboxylic acids is 1. The van der Waals surface area contributed by atoms with E-state index in [1.165, 1.54) is 16.7 Å². The molecule has 1 saturated heterocycles. The predicted octanol–water partition coefficient (Wildman–Crippen LogP) is 2.79. The normalized spacial score (nSPS) is 16.3. The quantitative estimate of drug-likeness (QED) is 0.863. The number of carbonyl (C=O) groups is 1. The molecule has 2 aliphatic rings. The number of nitrogens with one attached hydrogen (secondary N) is 1. The minimum atomic E-state index is 0.155. The van der Waals surface area contributed by atoms with Gasteiger partial charge in [-0.15, -0.1) is 0 Å². The summed E-state index contributed by atoms with van der Waals surface area (Å²) in [5.41, 5.74) is 4.63. The van der Waals surface area contributed by atoms with E-state index in [9.17, 15) is 4.79 Å². The van der Waals surface area contributed by atoms with E-state index in [4.69, 9.17) is 9.47 Å². The molecule has 6 heteroatoms. The molecule has 28 heavy (non-hydrogen) atoms. The van der Waals surface area contributed by atoms with Crippen molar-refractivity contribution >= 4 is 11.6 Å². The molecule has 0 spiro atoms. The van der Waals surface area contributed by atoms with E-state index in [1.807, 2.05) is 23.1 Å². The number of piperazine rings is 1. The van der Waals surface area contributed by atoms with Crippen molar-refractivity contribution in [1.82, 2.24) is 9.80 Å². The highest BCUT2D eigenvalue weighted by Gasteiger charge is 2.22. The number of fused-ring (bicyclic) bond motifs is 1. The lowest BCUT2D eigenvalue weighted by Crippen LogP contribution is -2.49. The lowest BCUT2D eigenvalue weighted by atomic mass is 10.1. The Labute approximate surface area is 166 Å². The summed E-state index contributed by atoms with van der Waals surface area (Å²) in [6.07, 6.45) is 0. The van der Waals surface area contributed by atoms with Gasteiger partial charge in [0.1, 0.15) is 0 Å². The molecule has 2 aliphatic heterocycles. The van der Waals surface area contributed by atoms with Crippen LogP contribution in [-0.4, -0.2) is 55.2 Å². The van der Waals surface area contributed by atoms with E-state index in [0.717, 1.165) is 49.9 Å². The van der Waals surface area contributed by atoms with Gasteiger partial charge in [-0.2, -0.15) is 0 Å². The second-order valence-electron chi connectivity index (χ2n) is 7.52. The van der Waals surface area contributed by atoms with Gasteiger partial charge in [0.05, 0.1) is 6.54 Å². The fraction of sp³-hybridized carbons (Fsp3) is 0.409. The highest BCUT2D eigenvalue weighted by molar-refractivity contribution is 5.81. The highest BCUT2D eigenvalue weighted by atomic mass is 16.7. The first-order valence-electron chi connectivity index (χ1n) is 9.78. The number of benzene rings is 2. The van der Waals surface area contributed by atoms with E-state index in [2.05, 4.69) is 42.3 Å². The maximum Gasteiger partial charge on any atom is 0.241 e. The van der Waals surface area contributed by atoms with Gasteiger partial charge in [-0.3, -0.25) is 9.69 Å². The topological polar surface area (TPSA) is 54.0 Å². The Morgan fingerprint density at radius 2 is 1.79 bits per heavy atom. The molecule has 1 amide bonds. The molecule has 1 N–H and O–H groups in total. The molecule has 0 aromatic heterocycles. The third-order valence-corrected chi connectivity index (χ3v) is 5.38. The van der Waals surface area contributed by atoms with Crippen LogP contribution in [0.5, 0.6) is 11.5 Å². The van der Waals surface area contributed by atoms with Crippen LogP contribution in [0.1, 0.15) is 16.7 Å². The zero-order chi connectivity index (χ0) is 19.5. The molecule has 2 heterocycles. The van der Waals surface area contributed by atoms with E-state index >= 15 is 0 Å². The summed E-state index contributed by atoms with van der Waals surface area (Å²) in [4.78, 5) is 16.9. The predicted molar refractivity (Wildman–Crippen MR) is 109 cm³/mol. The van der Waals surface area contributed by atoms with Crippen molar-refractivity contribution in [2.75, 3.05) is 44.8 Å². The van der Waals surface area contributed by atoms with Crippen molar-refractivity contribution in [3.63, 3.8) is 0 Å². The standard InChI is InChI=1S/C22H27N3O3/c1-16-3-5-19(17(2)11-16)23-13-22(26)25-9-7-24(8-10-25)14-18-4-6-20-21(12-18)28-15-27-20/h3-6,11-12,23H,7-10,13-15H2,1-2H3. The molecule has 0 saturated carbocycles. The van der Waals surface area contributed by atoms with E-state index in [-0.39, 0.29) is 5.91 Å². The van der Waals surface area contributed by atoms with Crippen LogP contribution in [0, 0.1) is 13.8 Å². The van der Waals surface area contributed by atoms with Gasteiger partial charge in [0.15, 0.2) is 11.5 Å². The Morgan fingerprint density at radius 3 is 2.57 bits per heavy atom. The monoisotopic (exact) mass is 381 g/mol. The number of ether oxygens (including phenoxy) is 2. The molecule has 0 aliphatic carbocycles. The molecule has 2 aromatic carbocycles. The van der Waals surface area contributed by atoms with Crippen LogP contribution in [0.25, 0.3) is 0 Å². The van der Waals surface area contributed by atoms with Gasteiger partial charge < -0.3 is 19.7 Å². The van der Waals surface area contributed by atoms with Crippen LogP contribution in [-0.2, 0) is 11.3 Å². The molecule has 0 radical (unpaired) electrons. The molecular formula is C22H27N3O3. The fourth-order valence-corrected chi connectivity index (χ4v) is 3.75. The van der Waals surface area contributed by atoms with Crippen molar-refractivity contribution in [3.05, 3.63) is 53.1 Å². The van der Waals surface area contributed by atoms with E-state index in [0.29, 0.717) is 13.3 Å². The average Bonchev–Trinajstić information content (AvgIpc) is 3.15. The van der Waals surface area contributed by atoms with Gasteiger partial charge in [0, 0.05) is 38.4 Å². The minimum Gasteiger partial charge on any atom is -0.454 e. The van der Waals surface area contributed by atoms with Gasteiger partial charge in [-0.25, -0.2) is 0 Å². The zero-order valence-corrected chi connectivity index (χ0v) is 16.5. The van der Waals surface area contributed by atoms with E-state index < -0.39 is 0 Å². The largest absolute Gasteiger partial charge is 0.454 e. The van der Waals surface area contributed by atoms with Crippen LogP contribution >= 0.6 is 0 Å². The van der Waals surface area contributed by atoms with Gasteiger partial charge in [0.2, 0.25) is 12.7 Å². The van der Waals surface area contributed by atoms with Gasteiger partial charge in [-0.1, -0.05) is 23.8 Å². The second kappa shape index (κ2) is 8.10. The van der Waals surface area contributed by atoms with Gasteiger partial charge in [0.25, 0.3) is 0 Å². The summed E-state index contributed by atoms with van der Waals surface area (Å²) in [5.74, 6) is 1.79. The number of rotatable bonds is 5. The van der Waals surface area contributed by atoms with Gasteiger partial charge in [-0.05, 0) is 43.2 Å². The Kier molecular flexibility index (Phi) is 5.39. The summed E-state index contributed by atoms with van der Waals surface area (Å²) in [6.45, 7) is 8.92. The Balaban J connectivity index is 1.25. The molecule has 0 bridgehead atoms. The Bertz CT molecular complexity index is 860. The molecule has 148 valence electrons. The third kappa shape index (κ3) is 4.22. The van der Waals surface area contributed by atoms with Crippen molar-refractivity contribution < 1.29 is 14.3 Å². The zero-order valence-electron chi connectivity index (χ0n) is 16.5. The average molecular weight is 381 g/mol. The smallest absolute Gasteiger partial charge is 0.241 e. The fourth-order valence-electron chi connectivity index (χ4n) is 3.75. The van der Waals surface area contributed by atoms with Crippen molar-refractivity contribution in [3.8, 4) is 11.5 Å². The van der Waals surface area contributed by atoms with Crippen LogP contribution < -0.4 is 14.8 Å². The first kappa shape index (κ1) is 18.6. The maximum atomic E-state index is 12.6. The molecule has 1 fully saturated rings. The van der Waals surface area contributed by atoms with Crippen LogP contribution in [0.15, 0.2) is 36.4 Å². The Hall–Kier alpha value is -2.73. The van der Waals surface area contributed by atoms with Crippen LogP contribution in [0.2, 0.25) is 0 Å². The first-order valence-corrected chi connectivity index (χ1v) is 9.78. The van der Waals surface area contributed by atoms with Crippen molar-refractivity contribution in [2.45, 2.75) is 20.4 Å². The molecule has 6 nitrogen and oxygen atoms in total. The molecule has 0 unspecified atom stereocenters. The SMILES string of the molecule is Cc1ccc(NCC(=O)N2CCN(Cc3ccc4c(c3)OCO4)CC2)c(C)c1. The molecule has 2 aromatic rings. The molecule has 0 atom stereocenters. The second-order valence-corrected chi connectivity index (χ2v) is 7.52. The van der Waals surface area contributed by atoms with Crippen molar-refractivity contribution in [2.24, 2.45) is 0 Å². The van der Waals surface area contributed by atoms with Gasteiger partial charge >= 0.3 is 0 Å².